The summed E-state index contributed by atoms with van der Waals surface area (Å²) >= 11 is 0. The van der Waals surface area contributed by atoms with E-state index in [1.165, 1.54) is 55.3 Å². The van der Waals surface area contributed by atoms with E-state index in [1.807, 2.05) is 0 Å². The molecule has 4 nitrogen and oxygen atoms in total. The first-order valence-electron chi connectivity index (χ1n) is 12.6. The summed E-state index contributed by atoms with van der Waals surface area (Å²) in [6.07, 6.45) is 10.5. The molecule has 0 saturated heterocycles. The summed E-state index contributed by atoms with van der Waals surface area (Å²) in [4.78, 5) is 2.69. The van der Waals surface area contributed by atoms with Crippen LogP contribution in [0.25, 0.3) is 0 Å². The summed E-state index contributed by atoms with van der Waals surface area (Å²) in [6, 6.07) is 15.1. The number of hydrogen-bond acceptors (Lipinski definition) is 4. The van der Waals surface area contributed by atoms with E-state index in [4.69, 9.17) is 0 Å². The lowest BCUT2D eigenvalue weighted by Crippen LogP contribution is -2.40. The van der Waals surface area contributed by atoms with Gasteiger partial charge in [-0.05, 0) is 93.9 Å². The number of aliphatic hydroxyl groups is 1. The highest BCUT2D eigenvalue weighted by Gasteiger charge is 2.26. The van der Waals surface area contributed by atoms with Gasteiger partial charge in [0.25, 0.3) is 0 Å². The van der Waals surface area contributed by atoms with E-state index in [-0.39, 0.29) is 12.4 Å². The SMILES string of the molecule is CCCN(CCCCCCNCCc1ccccc1)C1CCc2c(ccc(O)c2CO)C1. The fraction of sp³-hybridized carbons (Fsp3) is 0.571. The standard InChI is InChI=1S/C28H42N2O2/c1-2-19-30(25-13-14-26-24(21-25)12-15-28(32)27(26)22-31)20-9-4-3-8-17-29-18-16-23-10-6-5-7-11-23/h5-7,10-12,15,25,29,31-32H,2-4,8-9,13-14,16-22H2,1H3. The van der Waals surface area contributed by atoms with Crippen LogP contribution in [0, 0.1) is 0 Å². The van der Waals surface area contributed by atoms with Gasteiger partial charge in [0.15, 0.2) is 0 Å². The third-order valence-electron chi connectivity index (χ3n) is 6.85. The van der Waals surface area contributed by atoms with Crippen molar-refractivity contribution in [2.45, 2.75) is 77.4 Å². The van der Waals surface area contributed by atoms with Gasteiger partial charge in [-0.15, -0.1) is 0 Å². The zero-order valence-corrected chi connectivity index (χ0v) is 19.9. The Morgan fingerprint density at radius 3 is 2.56 bits per heavy atom. The molecule has 3 N–H and O–H groups in total. The van der Waals surface area contributed by atoms with Gasteiger partial charge in [-0.2, -0.15) is 0 Å². The van der Waals surface area contributed by atoms with Crippen LogP contribution < -0.4 is 5.32 Å². The largest absolute Gasteiger partial charge is 0.508 e. The zero-order chi connectivity index (χ0) is 22.6. The summed E-state index contributed by atoms with van der Waals surface area (Å²) in [5.41, 5.74) is 4.64. The van der Waals surface area contributed by atoms with Crippen LogP contribution in [0.2, 0.25) is 0 Å². The van der Waals surface area contributed by atoms with Crippen molar-refractivity contribution in [2.75, 3.05) is 26.2 Å². The molecule has 32 heavy (non-hydrogen) atoms. The van der Waals surface area contributed by atoms with Crippen molar-refractivity contribution in [1.29, 1.82) is 0 Å². The smallest absolute Gasteiger partial charge is 0.121 e. The van der Waals surface area contributed by atoms with Crippen molar-refractivity contribution in [3.8, 4) is 5.75 Å². The first-order valence-corrected chi connectivity index (χ1v) is 12.6. The van der Waals surface area contributed by atoms with Gasteiger partial charge in [0.05, 0.1) is 6.61 Å². The second kappa shape index (κ2) is 13.6. The van der Waals surface area contributed by atoms with E-state index in [9.17, 15) is 10.2 Å². The minimum absolute atomic E-state index is 0.0700. The topological polar surface area (TPSA) is 55.7 Å². The number of rotatable bonds is 14. The van der Waals surface area contributed by atoms with Crippen molar-refractivity contribution in [2.24, 2.45) is 0 Å². The molecule has 0 spiro atoms. The molecule has 0 saturated carbocycles. The molecule has 0 heterocycles. The van der Waals surface area contributed by atoms with Crippen LogP contribution in [0.5, 0.6) is 5.75 Å². The van der Waals surface area contributed by atoms with E-state index in [0.717, 1.165) is 50.9 Å². The number of aromatic hydroxyl groups is 1. The highest BCUT2D eigenvalue weighted by molar-refractivity contribution is 5.45. The Hall–Kier alpha value is -1.88. The molecule has 0 amide bonds. The van der Waals surface area contributed by atoms with Gasteiger partial charge in [0, 0.05) is 11.6 Å². The maximum atomic E-state index is 10.0. The van der Waals surface area contributed by atoms with Crippen LogP contribution in [0.1, 0.15) is 67.7 Å². The molecular weight excluding hydrogens is 396 g/mol. The van der Waals surface area contributed by atoms with Crippen LogP contribution in [0.3, 0.4) is 0 Å². The second-order valence-corrected chi connectivity index (χ2v) is 9.19. The lowest BCUT2D eigenvalue weighted by molar-refractivity contribution is 0.175. The molecule has 1 atom stereocenters. The molecule has 1 aliphatic rings. The average Bonchev–Trinajstić information content (AvgIpc) is 2.82. The average molecular weight is 439 g/mol. The Bertz CT molecular complexity index is 794. The predicted octanol–water partition coefficient (Wildman–Crippen LogP) is 4.85. The summed E-state index contributed by atoms with van der Waals surface area (Å²) in [5, 5.41) is 23.3. The molecular formula is C28H42N2O2. The van der Waals surface area contributed by atoms with Gasteiger partial charge in [-0.25, -0.2) is 0 Å². The van der Waals surface area contributed by atoms with E-state index in [0.29, 0.717) is 6.04 Å². The number of aliphatic hydroxyl groups excluding tert-OH is 1. The van der Waals surface area contributed by atoms with Crippen LogP contribution >= 0.6 is 0 Å². The van der Waals surface area contributed by atoms with Gasteiger partial charge < -0.3 is 20.4 Å². The number of hydrogen-bond donors (Lipinski definition) is 3. The van der Waals surface area contributed by atoms with Gasteiger partial charge in [0.1, 0.15) is 5.75 Å². The first-order chi connectivity index (χ1) is 15.7. The minimum Gasteiger partial charge on any atom is -0.508 e. The molecule has 1 aliphatic carbocycles. The van der Waals surface area contributed by atoms with Gasteiger partial charge in [-0.1, -0.05) is 56.2 Å². The van der Waals surface area contributed by atoms with E-state index >= 15 is 0 Å². The third kappa shape index (κ3) is 7.33. The fourth-order valence-corrected chi connectivity index (χ4v) is 5.07. The molecule has 1 unspecified atom stereocenters. The quantitative estimate of drug-likeness (QED) is 0.369. The Labute approximate surface area is 194 Å². The number of unbranched alkanes of at least 4 members (excludes halogenated alkanes) is 3. The van der Waals surface area contributed by atoms with Crippen molar-refractivity contribution in [1.82, 2.24) is 10.2 Å². The van der Waals surface area contributed by atoms with Crippen LogP contribution in [0.4, 0.5) is 0 Å². The molecule has 2 aromatic rings. The maximum absolute atomic E-state index is 10.0. The number of benzene rings is 2. The van der Waals surface area contributed by atoms with Crippen molar-refractivity contribution in [3.05, 3.63) is 64.7 Å². The van der Waals surface area contributed by atoms with Crippen LogP contribution in [-0.2, 0) is 25.9 Å². The molecule has 0 bridgehead atoms. The Morgan fingerprint density at radius 2 is 1.78 bits per heavy atom. The molecule has 0 aliphatic heterocycles. The number of nitrogens with one attached hydrogen (secondary N) is 1. The highest BCUT2D eigenvalue weighted by Crippen LogP contribution is 2.32. The van der Waals surface area contributed by atoms with Crippen molar-refractivity contribution in [3.63, 3.8) is 0 Å². The fourth-order valence-electron chi connectivity index (χ4n) is 5.07. The van der Waals surface area contributed by atoms with Crippen molar-refractivity contribution < 1.29 is 10.2 Å². The summed E-state index contributed by atoms with van der Waals surface area (Å²) in [6.45, 7) is 6.72. The summed E-state index contributed by atoms with van der Waals surface area (Å²) < 4.78 is 0. The molecule has 2 aromatic carbocycles. The predicted molar refractivity (Wildman–Crippen MR) is 133 cm³/mol. The Kier molecular flexibility index (Phi) is 10.5. The van der Waals surface area contributed by atoms with E-state index < -0.39 is 0 Å². The number of nitrogens with zero attached hydrogens (tertiary/aromatic N) is 1. The molecule has 0 radical (unpaired) electrons. The third-order valence-corrected chi connectivity index (χ3v) is 6.85. The first kappa shape index (κ1) is 24.8. The zero-order valence-electron chi connectivity index (χ0n) is 19.9. The monoisotopic (exact) mass is 438 g/mol. The number of phenols is 1. The molecule has 3 rings (SSSR count). The second-order valence-electron chi connectivity index (χ2n) is 9.19. The lowest BCUT2D eigenvalue weighted by atomic mass is 9.84. The highest BCUT2D eigenvalue weighted by atomic mass is 16.3. The van der Waals surface area contributed by atoms with Crippen LogP contribution in [-0.4, -0.2) is 47.3 Å². The van der Waals surface area contributed by atoms with Gasteiger partial charge in [-0.3, -0.25) is 0 Å². The molecule has 176 valence electrons. The van der Waals surface area contributed by atoms with Gasteiger partial charge in [0.2, 0.25) is 0 Å². The van der Waals surface area contributed by atoms with Gasteiger partial charge >= 0.3 is 0 Å². The Balaban J connectivity index is 1.33. The normalized spacial score (nSPS) is 15.8. The summed E-state index contributed by atoms with van der Waals surface area (Å²) in [5.74, 6) is 0.240. The van der Waals surface area contributed by atoms with E-state index in [1.54, 1.807) is 6.07 Å². The maximum Gasteiger partial charge on any atom is 0.121 e. The molecule has 0 fully saturated rings. The lowest BCUT2D eigenvalue weighted by Gasteiger charge is -2.36. The molecule has 4 heteroatoms. The minimum atomic E-state index is -0.0700. The summed E-state index contributed by atoms with van der Waals surface area (Å²) in [7, 11) is 0. The Morgan fingerprint density at radius 1 is 0.969 bits per heavy atom. The van der Waals surface area contributed by atoms with Crippen LogP contribution in [0.15, 0.2) is 42.5 Å². The number of fused-ring (bicyclic) bond motifs is 1. The van der Waals surface area contributed by atoms with Crippen molar-refractivity contribution >= 4 is 0 Å². The van der Waals surface area contributed by atoms with E-state index in [2.05, 4.69) is 53.5 Å². The molecule has 0 aromatic heterocycles.